The van der Waals surface area contributed by atoms with Crippen LogP contribution in [0.1, 0.15) is 13.8 Å². The van der Waals surface area contributed by atoms with Crippen molar-refractivity contribution in [3.05, 3.63) is 0 Å². The first-order valence-corrected chi connectivity index (χ1v) is 9.69. The molecule has 6 N–H and O–H groups in total. The van der Waals surface area contributed by atoms with Gasteiger partial charge in [0.1, 0.15) is 0 Å². The van der Waals surface area contributed by atoms with Crippen LogP contribution in [0.15, 0.2) is 0 Å². The van der Waals surface area contributed by atoms with E-state index in [4.69, 9.17) is 29.4 Å². The molecule has 8 nitrogen and oxygen atoms in total. The molecule has 0 spiro atoms. The zero-order valence-electron chi connectivity index (χ0n) is 10.6. The van der Waals surface area contributed by atoms with Crippen LogP contribution in [0.25, 0.3) is 0 Å². The minimum absolute atomic E-state index is 0.819. The van der Waals surface area contributed by atoms with Crippen LogP contribution in [-0.2, 0) is 33.1 Å². The Morgan fingerprint density at radius 3 is 0.778 bits per heavy atom. The van der Waals surface area contributed by atoms with Gasteiger partial charge >= 0.3 is 13.4 Å². The minimum Gasteiger partial charge on any atom is -0.385 e. The molecule has 0 aromatic rings. The number of rotatable bonds is 2. The number of ether oxygens (including phenoxy) is 2. The SMILES string of the molecule is CCOC.CCOC.OP(O)(O)=S.OP(O)(O)=S. The van der Waals surface area contributed by atoms with Gasteiger partial charge in [-0.3, -0.25) is 0 Å². The predicted molar refractivity (Wildman–Crippen MR) is 77.0 cm³/mol. The van der Waals surface area contributed by atoms with Gasteiger partial charge in [0.15, 0.2) is 0 Å². The van der Waals surface area contributed by atoms with Crippen molar-refractivity contribution < 1.29 is 38.8 Å². The maximum atomic E-state index is 7.56. The summed E-state index contributed by atoms with van der Waals surface area (Å²) < 4.78 is 9.08. The van der Waals surface area contributed by atoms with E-state index < -0.39 is 13.4 Å². The molecule has 0 aliphatic carbocycles. The highest BCUT2D eigenvalue weighted by atomic mass is 32.5. The van der Waals surface area contributed by atoms with E-state index in [1.807, 2.05) is 13.8 Å². The van der Waals surface area contributed by atoms with Gasteiger partial charge in [0.05, 0.1) is 0 Å². The van der Waals surface area contributed by atoms with Gasteiger partial charge < -0.3 is 38.8 Å². The van der Waals surface area contributed by atoms with Crippen molar-refractivity contribution in [2.24, 2.45) is 0 Å². The van der Waals surface area contributed by atoms with E-state index >= 15 is 0 Å². The van der Waals surface area contributed by atoms with E-state index in [2.05, 4.69) is 33.1 Å². The highest BCUT2D eigenvalue weighted by Gasteiger charge is 1.92. The van der Waals surface area contributed by atoms with Crippen LogP contribution >= 0.6 is 13.4 Å². The average molecular weight is 348 g/mol. The summed E-state index contributed by atoms with van der Waals surface area (Å²) in [5, 5.41) is 0. The summed E-state index contributed by atoms with van der Waals surface area (Å²) in [6.07, 6.45) is 0. The lowest BCUT2D eigenvalue weighted by molar-refractivity contribution is 0.215. The largest absolute Gasteiger partial charge is 0.385 e. The Bertz CT molecular complexity index is 183. The Kier molecular flexibility index (Phi) is 27.3. The van der Waals surface area contributed by atoms with Gasteiger partial charge in [0.2, 0.25) is 0 Å². The highest BCUT2D eigenvalue weighted by Crippen LogP contribution is 2.26. The third-order valence-electron chi connectivity index (χ3n) is 0.577. The molecule has 12 heteroatoms. The van der Waals surface area contributed by atoms with Crippen LogP contribution in [0, 0.1) is 0 Å². The molecule has 0 aromatic heterocycles. The summed E-state index contributed by atoms with van der Waals surface area (Å²) in [4.78, 5) is 45.3. The van der Waals surface area contributed by atoms with Crippen molar-refractivity contribution in [1.82, 2.24) is 0 Å². The molecular formula is C6H22O8P2S2. The molecule has 0 unspecified atom stereocenters. The van der Waals surface area contributed by atoms with Crippen molar-refractivity contribution in [3.8, 4) is 0 Å². The molecule has 0 fully saturated rings. The molecule has 0 aromatic carbocycles. The van der Waals surface area contributed by atoms with Crippen LogP contribution in [0.4, 0.5) is 0 Å². The van der Waals surface area contributed by atoms with E-state index in [0.29, 0.717) is 0 Å². The van der Waals surface area contributed by atoms with Crippen LogP contribution in [-0.4, -0.2) is 56.8 Å². The molecular weight excluding hydrogens is 326 g/mol. The normalized spacial score (nSPS) is 9.89. The summed E-state index contributed by atoms with van der Waals surface area (Å²) in [5.41, 5.74) is 0. The Hall–Kier alpha value is 0.980. The van der Waals surface area contributed by atoms with E-state index in [0.717, 1.165) is 13.2 Å². The Morgan fingerprint density at radius 2 is 0.778 bits per heavy atom. The molecule has 0 rings (SSSR count). The van der Waals surface area contributed by atoms with Crippen LogP contribution < -0.4 is 0 Å². The van der Waals surface area contributed by atoms with Gasteiger partial charge in [-0.05, 0) is 37.5 Å². The fourth-order valence-electron chi connectivity index (χ4n) is 0. The van der Waals surface area contributed by atoms with Crippen molar-refractivity contribution >= 4 is 37.1 Å². The summed E-state index contributed by atoms with van der Waals surface area (Å²) in [6.45, 7) is -2.06. The molecule has 0 heterocycles. The molecule has 0 atom stereocenters. The summed E-state index contributed by atoms with van der Waals surface area (Å²) in [7, 11) is 3.36. The van der Waals surface area contributed by atoms with Gasteiger partial charge in [-0.2, -0.15) is 0 Å². The van der Waals surface area contributed by atoms with Crippen LogP contribution in [0.5, 0.6) is 0 Å². The molecule has 0 amide bonds. The first-order valence-electron chi connectivity index (χ1n) is 4.37. The zero-order valence-corrected chi connectivity index (χ0v) is 14.0. The topological polar surface area (TPSA) is 140 Å². The molecule has 0 saturated heterocycles. The second-order valence-electron chi connectivity index (χ2n) is 2.18. The fourth-order valence-corrected chi connectivity index (χ4v) is 0. The molecule has 0 aliphatic heterocycles. The van der Waals surface area contributed by atoms with Gasteiger partial charge in [0, 0.05) is 27.4 Å². The standard InChI is InChI=1S/2C3H8O.2H3O3PS/c2*1-3-4-2;2*1-4(2,3)5/h2*3H2,1-2H3;2*(H3,1,2,3,5). The first-order chi connectivity index (χ1) is 7.83. The van der Waals surface area contributed by atoms with Gasteiger partial charge in [-0.15, -0.1) is 0 Å². The third-order valence-corrected chi connectivity index (χ3v) is 0.577. The van der Waals surface area contributed by atoms with E-state index in [-0.39, 0.29) is 0 Å². The lowest BCUT2D eigenvalue weighted by Crippen LogP contribution is -1.73. The number of methoxy groups -OCH3 is 2. The van der Waals surface area contributed by atoms with E-state index in [1.165, 1.54) is 0 Å². The molecule has 0 aliphatic rings. The molecule has 0 radical (unpaired) electrons. The maximum Gasteiger partial charge on any atom is 0.319 e. The Balaban J connectivity index is -0.0000000731. The van der Waals surface area contributed by atoms with Crippen LogP contribution in [0.2, 0.25) is 0 Å². The van der Waals surface area contributed by atoms with Gasteiger partial charge in [-0.25, -0.2) is 0 Å². The number of hydrogen-bond acceptors (Lipinski definition) is 4. The summed E-state index contributed by atoms with van der Waals surface area (Å²) >= 11 is 7.21. The van der Waals surface area contributed by atoms with Gasteiger partial charge in [-0.1, -0.05) is 0 Å². The lowest BCUT2D eigenvalue weighted by Gasteiger charge is -1.88. The lowest BCUT2D eigenvalue weighted by atomic mass is 10.9. The fraction of sp³-hybridized carbons (Fsp3) is 1.00. The minimum atomic E-state index is -3.81. The molecule has 18 heavy (non-hydrogen) atoms. The number of hydrogen-bond donors (Lipinski definition) is 6. The molecule has 116 valence electrons. The Morgan fingerprint density at radius 1 is 0.722 bits per heavy atom. The maximum absolute atomic E-state index is 7.56. The monoisotopic (exact) mass is 348 g/mol. The third kappa shape index (κ3) is 488. The molecule has 0 bridgehead atoms. The second kappa shape index (κ2) is 18.0. The van der Waals surface area contributed by atoms with Crippen molar-refractivity contribution in [1.29, 1.82) is 0 Å². The van der Waals surface area contributed by atoms with Crippen LogP contribution in [0.3, 0.4) is 0 Å². The first kappa shape index (κ1) is 27.3. The highest BCUT2D eigenvalue weighted by molar-refractivity contribution is 8.06. The van der Waals surface area contributed by atoms with E-state index in [1.54, 1.807) is 14.2 Å². The Labute approximate surface area is 117 Å². The molecule has 0 saturated carbocycles. The van der Waals surface area contributed by atoms with Crippen molar-refractivity contribution in [3.63, 3.8) is 0 Å². The van der Waals surface area contributed by atoms with Crippen molar-refractivity contribution in [2.75, 3.05) is 27.4 Å². The zero-order chi connectivity index (χ0) is 15.8. The second-order valence-corrected chi connectivity index (χ2v) is 7.17. The summed E-state index contributed by atoms with van der Waals surface area (Å²) in [6, 6.07) is 0. The predicted octanol–water partition coefficient (Wildman–Crippen LogP) is -0.319. The average Bonchev–Trinajstić information content (AvgIpc) is 2.12. The van der Waals surface area contributed by atoms with Crippen molar-refractivity contribution in [2.45, 2.75) is 13.8 Å². The quantitative estimate of drug-likeness (QED) is 0.368. The smallest absolute Gasteiger partial charge is 0.319 e. The van der Waals surface area contributed by atoms with Gasteiger partial charge in [0.25, 0.3) is 0 Å². The summed E-state index contributed by atoms with van der Waals surface area (Å²) in [5.74, 6) is 0. The van der Waals surface area contributed by atoms with E-state index in [9.17, 15) is 0 Å².